The molecule has 3 rings (SSSR count). The lowest BCUT2D eigenvalue weighted by Gasteiger charge is -2.46. The van der Waals surface area contributed by atoms with Crippen molar-refractivity contribution in [1.29, 1.82) is 0 Å². The molecule has 2 fully saturated rings. The van der Waals surface area contributed by atoms with Crippen LogP contribution in [0.4, 0.5) is 0 Å². The second kappa shape index (κ2) is 6.93. The Balaban J connectivity index is 1.62. The van der Waals surface area contributed by atoms with Gasteiger partial charge < -0.3 is 14.9 Å². The Bertz CT molecular complexity index is 588. The molecule has 5 heteroatoms. The minimum atomic E-state index is -0.969. The molecule has 1 heterocycles. The third kappa shape index (κ3) is 3.31. The van der Waals surface area contributed by atoms with E-state index in [4.69, 9.17) is 0 Å². The molecule has 2 amide bonds. The largest absolute Gasteiger partial charge is 0.384 e. The highest BCUT2D eigenvalue weighted by Crippen LogP contribution is 2.45. The minimum absolute atomic E-state index is 0.238. The Hall–Kier alpha value is -1.88. The van der Waals surface area contributed by atoms with Crippen LogP contribution in [0.1, 0.15) is 31.7 Å². The molecule has 24 heavy (non-hydrogen) atoms. The zero-order valence-corrected chi connectivity index (χ0v) is 14.3. The van der Waals surface area contributed by atoms with Gasteiger partial charge in [0.25, 0.3) is 5.91 Å². The van der Waals surface area contributed by atoms with Crippen LogP contribution in [0.25, 0.3) is 0 Å². The molecule has 1 N–H and O–H groups in total. The van der Waals surface area contributed by atoms with Crippen molar-refractivity contribution < 1.29 is 14.7 Å². The number of rotatable bonds is 4. The summed E-state index contributed by atoms with van der Waals surface area (Å²) in [6.45, 7) is 3.64. The summed E-state index contributed by atoms with van der Waals surface area (Å²) in [6.07, 6.45) is 2.85. The average Bonchev–Trinajstić information content (AvgIpc) is 2.58. The van der Waals surface area contributed by atoms with Crippen LogP contribution in [0.2, 0.25) is 0 Å². The van der Waals surface area contributed by atoms with Gasteiger partial charge in [-0.1, -0.05) is 36.8 Å². The fourth-order valence-electron chi connectivity index (χ4n) is 3.79. The van der Waals surface area contributed by atoms with Crippen LogP contribution in [0.5, 0.6) is 0 Å². The second-order valence-electron chi connectivity index (χ2n) is 7.09. The van der Waals surface area contributed by atoms with Gasteiger partial charge >= 0.3 is 0 Å². The first-order valence-corrected chi connectivity index (χ1v) is 8.82. The van der Waals surface area contributed by atoms with E-state index in [1.165, 1.54) is 12.5 Å². The number of piperazine rings is 1. The molecule has 0 aromatic heterocycles. The van der Waals surface area contributed by atoms with Crippen molar-refractivity contribution >= 4 is 11.8 Å². The lowest BCUT2D eigenvalue weighted by Crippen LogP contribution is -2.57. The lowest BCUT2D eigenvalue weighted by atomic mass is 9.64. The van der Waals surface area contributed by atoms with Gasteiger partial charge in [0.1, 0.15) is 6.10 Å². The molecular weight excluding hydrogens is 304 g/mol. The van der Waals surface area contributed by atoms with Crippen LogP contribution in [0.3, 0.4) is 0 Å². The predicted octanol–water partition coefficient (Wildman–Crippen LogP) is 1.45. The van der Waals surface area contributed by atoms with E-state index in [1.54, 1.807) is 4.90 Å². The van der Waals surface area contributed by atoms with E-state index in [-0.39, 0.29) is 17.2 Å². The molecule has 130 valence electrons. The van der Waals surface area contributed by atoms with Crippen LogP contribution in [0.15, 0.2) is 30.3 Å². The van der Waals surface area contributed by atoms with Crippen LogP contribution >= 0.6 is 0 Å². The summed E-state index contributed by atoms with van der Waals surface area (Å²) in [4.78, 5) is 28.5. The SMILES string of the molecule is CC(O)C(=O)N1CCN(C(=O)C2(Cc3ccccc3)CCC2)CC1. The number of hydrogen-bond acceptors (Lipinski definition) is 3. The number of nitrogens with zero attached hydrogens (tertiary/aromatic N) is 2. The molecule has 1 unspecified atom stereocenters. The van der Waals surface area contributed by atoms with Crippen molar-refractivity contribution in [3.63, 3.8) is 0 Å². The molecule has 1 saturated heterocycles. The van der Waals surface area contributed by atoms with Gasteiger partial charge in [-0.2, -0.15) is 0 Å². The highest BCUT2D eigenvalue weighted by atomic mass is 16.3. The average molecular weight is 330 g/mol. The first-order valence-electron chi connectivity index (χ1n) is 8.82. The van der Waals surface area contributed by atoms with Gasteiger partial charge in [0, 0.05) is 26.2 Å². The first kappa shape index (κ1) is 17.0. The monoisotopic (exact) mass is 330 g/mol. The van der Waals surface area contributed by atoms with E-state index in [2.05, 4.69) is 12.1 Å². The summed E-state index contributed by atoms with van der Waals surface area (Å²) in [7, 11) is 0. The Morgan fingerprint density at radius 2 is 1.67 bits per heavy atom. The first-order chi connectivity index (χ1) is 11.5. The number of carbonyl (C=O) groups excluding carboxylic acids is 2. The fourth-order valence-corrected chi connectivity index (χ4v) is 3.79. The third-order valence-corrected chi connectivity index (χ3v) is 5.39. The Morgan fingerprint density at radius 1 is 1.08 bits per heavy atom. The third-order valence-electron chi connectivity index (χ3n) is 5.39. The molecule has 0 radical (unpaired) electrons. The second-order valence-corrected chi connectivity index (χ2v) is 7.09. The molecule has 2 aliphatic rings. The van der Waals surface area contributed by atoms with Gasteiger partial charge in [0.2, 0.25) is 5.91 Å². The van der Waals surface area contributed by atoms with E-state index in [9.17, 15) is 14.7 Å². The number of carbonyl (C=O) groups is 2. The molecule has 1 aliphatic heterocycles. The number of amides is 2. The van der Waals surface area contributed by atoms with Crippen molar-refractivity contribution in [3.05, 3.63) is 35.9 Å². The highest BCUT2D eigenvalue weighted by molar-refractivity contribution is 5.85. The van der Waals surface area contributed by atoms with E-state index in [0.29, 0.717) is 26.2 Å². The van der Waals surface area contributed by atoms with Crippen LogP contribution < -0.4 is 0 Å². The molecule has 0 bridgehead atoms. The summed E-state index contributed by atoms with van der Waals surface area (Å²) in [5.41, 5.74) is 0.964. The highest BCUT2D eigenvalue weighted by Gasteiger charge is 2.46. The zero-order valence-electron chi connectivity index (χ0n) is 14.3. The predicted molar refractivity (Wildman–Crippen MR) is 91.3 cm³/mol. The summed E-state index contributed by atoms with van der Waals surface area (Å²) in [6, 6.07) is 10.2. The van der Waals surface area contributed by atoms with Gasteiger partial charge in [-0.15, -0.1) is 0 Å². The summed E-state index contributed by atoms with van der Waals surface area (Å²) < 4.78 is 0. The van der Waals surface area contributed by atoms with Crippen molar-refractivity contribution in [1.82, 2.24) is 9.80 Å². The molecule has 0 spiro atoms. The van der Waals surface area contributed by atoms with Crippen molar-refractivity contribution in [2.75, 3.05) is 26.2 Å². The van der Waals surface area contributed by atoms with Gasteiger partial charge in [0.15, 0.2) is 0 Å². The fraction of sp³-hybridized carbons (Fsp3) is 0.579. The van der Waals surface area contributed by atoms with Crippen LogP contribution in [-0.4, -0.2) is 59.0 Å². The number of aliphatic hydroxyl groups excluding tert-OH is 1. The number of benzene rings is 1. The van der Waals surface area contributed by atoms with Gasteiger partial charge in [0.05, 0.1) is 5.41 Å². The smallest absolute Gasteiger partial charge is 0.251 e. The van der Waals surface area contributed by atoms with Crippen molar-refractivity contribution in [2.45, 2.75) is 38.7 Å². The molecular formula is C19H26N2O3. The van der Waals surface area contributed by atoms with E-state index in [0.717, 1.165) is 25.7 Å². The van der Waals surface area contributed by atoms with E-state index < -0.39 is 6.10 Å². The van der Waals surface area contributed by atoms with Gasteiger partial charge in [-0.25, -0.2) is 0 Å². The molecule has 1 aliphatic carbocycles. The Labute approximate surface area is 143 Å². The molecule has 5 nitrogen and oxygen atoms in total. The maximum absolute atomic E-state index is 13.1. The Kier molecular flexibility index (Phi) is 4.90. The van der Waals surface area contributed by atoms with Crippen LogP contribution in [-0.2, 0) is 16.0 Å². The van der Waals surface area contributed by atoms with Crippen molar-refractivity contribution in [3.8, 4) is 0 Å². The van der Waals surface area contributed by atoms with Crippen LogP contribution in [0, 0.1) is 5.41 Å². The van der Waals surface area contributed by atoms with E-state index in [1.807, 2.05) is 23.1 Å². The number of aliphatic hydroxyl groups is 1. The quantitative estimate of drug-likeness (QED) is 0.909. The summed E-state index contributed by atoms with van der Waals surface area (Å²) >= 11 is 0. The topological polar surface area (TPSA) is 60.9 Å². The summed E-state index contributed by atoms with van der Waals surface area (Å²) in [5.74, 6) is -0.00788. The normalized spacial score (nSPS) is 21.1. The molecule has 1 atom stereocenters. The maximum Gasteiger partial charge on any atom is 0.251 e. The van der Waals surface area contributed by atoms with E-state index >= 15 is 0 Å². The molecule has 1 aromatic carbocycles. The minimum Gasteiger partial charge on any atom is -0.384 e. The standard InChI is InChI=1S/C19H26N2O3/c1-15(22)17(23)20-10-12-21(13-11-20)18(24)19(8-5-9-19)14-16-6-3-2-4-7-16/h2-4,6-7,15,22H,5,8-14H2,1H3. The Morgan fingerprint density at radius 3 is 2.17 bits per heavy atom. The van der Waals surface area contributed by atoms with Gasteiger partial charge in [-0.05, 0) is 31.7 Å². The summed E-state index contributed by atoms with van der Waals surface area (Å²) in [5, 5.41) is 9.42. The lowest BCUT2D eigenvalue weighted by molar-refractivity contribution is -0.153. The maximum atomic E-state index is 13.1. The molecule has 1 saturated carbocycles. The van der Waals surface area contributed by atoms with Crippen molar-refractivity contribution in [2.24, 2.45) is 5.41 Å². The number of hydrogen-bond donors (Lipinski definition) is 1. The molecule has 1 aromatic rings. The zero-order chi connectivity index (χ0) is 17.2. The van der Waals surface area contributed by atoms with Gasteiger partial charge in [-0.3, -0.25) is 9.59 Å².